The van der Waals surface area contributed by atoms with Gasteiger partial charge in [-0.3, -0.25) is 9.59 Å². The van der Waals surface area contributed by atoms with E-state index < -0.39 is 12.1 Å². The summed E-state index contributed by atoms with van der Waals surface area (Å²) in [7, 11) is 1.59. The molecule has 4 rings (SSSR count). The van der Waals surface area contributed by atoms with Gasteiger partial charge < -0.3 is 28.8 Å². The second kappa shape index (κ2) is 23.4. The topological polar surface area (TPSA) is 101 Å². The smallest absolute Gasteiger partial charge is 0.308 e. The summed E-state index contributed by atoms with van der Waals surface area (Å²) in [5.41, 5.74) is 3.80. The number of carbonyl (C=O) groups is 2. The highest BCUT2D eigenvalue weighted by Crippen LogP contribution is 2.24. The summed E-state index contributed by atoms with van der Waals surface area (Å²) in [4.78, 5) is 24.9. The third-order valence-electron chi connectivity index (χ3n) is 6.62. The van der Waals surface area contributed by atoms with Crippen molar-refractivity contribution in [3.05, 3.63) is 131 Å². The van der Waals surface area contributed by atoms with E-state index in [0.29, 0.717) is 32.0 Å². The van der Waals surface area contributed by atoms with Crippen LogP contribution in [0.1, 0.15) is 61.2 Å². The van der Waals surface area contributed by atoms with Crippen molar-refractivity contribution in [3.8, 4) is 11.5 Å². The predicted octanol–water partition coefficient (Wildman–Crippen LogP) is 8.21. The van der Waals surface area contributed by atoms with Crippen molar-refractivity contribution in [1.29, 1.82) is 0 Å². The van der Waals surface area contributed by atoms with Crippen LogP contribution in [0.25, 0.3) is 0 Å². The predicted molar refractivity (Wildman–Crippen MR) is 192 cm³/mol. The number of methoxy groups -OCH3 is 1. The van der Waals surface area contributed by atoms with E-state index in [1.807, 2.05) is 89.9 Å². The normalized spacial score (nSPS) is 11.4. The van der Waals surface area contributed by atoms with Crippen LogP contribution in [0.2, 0.25) is 0 Å². The summed E-state index contributed by atoms with van der Waals surface area (Å²) in [6.45, 7) is 5.24. The Morgan fingerprint density at radius 3 is 1.43 bits per heavy atom. The first-order valence-corrected chi connectivity index (χ1v) is 17.5. The van der Waals surface area contributed by atoms with E-state index >= 15 is 0 Å². The minimum atomic E-state index is -0.859. The zero-order valence-corrected chi connectivity index (χ0v) is 29.6. The average Bonchev–Trinajstić information content (AvgIpc) is 3.11. The van der Waals surface area contributed by atoms with Crippen LogP contribution in [0.4, 0.5) is 0 Å². The number of rotatable bonds is 15. The maximum atomic E-state index is 11.6. The second-order valence-electron chi connectivity index (χ2n) is 9.95. The zero-order chi connectivity index (χ0) is 34.3. The van der Waals surface area contributed by atoms with E-state index in [0.717, 1.165) is 28.2 Å². The third kappa shape index (κ3) is 15.5. The Labute approximate surface area is 292 Å². The minimum Gasteiger partial charge on any atom is -0.489 e. The fourth-order valence-electron chi connectivity index (χ4n) is 4.25. The molecule has 0 aliphatic heterocycles. The molecule has 2 unspecified atom stereocenters. The van der Waals surface area contributed by atoms with Gasteiger partial charge in [-0.05, 0) is 65.3 Å². The first-order chi connectivity index (χ1) is 22.9. The van der Waals surface area contributed by atoms with Gasteiger partial charge in [0.25, 0.3) is 0 Å². The summed E-state index contributed by atoms with van der Waals surface area (Å²) in [6.07, 6.45) is -1.01. The Balaban J connectivity index is 0.000000311. The number of hydrogen-bond donors (Lipinski definition) is 1. The van der Waals surface area contributed by atoms with Gasteiger partial charge in [0.05, 0.1) is 38.3 Å². The molecule has 9 heteroatoms. The molecule has 0 bridgehead atoms. The van der Waals surface area contributed by atoms with Gasteiger partial charge in [-0.1, -0.05) is 108 Å². The second-order valence-corrected chi connectivity index (χ2v) is 9.95. The van der Waals surface area contributed by atoms with Gasteiger partial charge in [0.2, 0.25) is 0 Å². The van der Waals surface area contributed by atoms with Crippen molar-refractivity contribution in [3.63, 3.8) is 0 Å². The van der Waals surface area contributed by atoms with Crippen molar-refractivity contribution in [1.82, 2.24) is 0 Å². The third-order valence-corrected chi connectivity index (χ3v) is 6.62. The number of alkyl halides is 1. The molecule has 0 radical (unpaired) electrons. The summed E-state index contributed by atoms with van der Waals surface area (Å²) < 4.78 is 26.6. The first kappa shape index (κ1) is 39.2. The highest BCUT2D eigenvalue weighted by Gasteiger charge is 2.16. The molecule has 0 aliphatic rings. The molecule has 0 saturated heterocycles. The number of aliphatic hydroxyl groups excluding tert-OH is 1. The van der Waals surface area contributed by atoms with E-state index in [9.17, 15) is 14.7 Å². The molecule has 1 N–H and O–H groups in total. The van der Waals surface area contributed by atoms with Gasteiger partial charge in [0, 0.05) is 7.11 Å². The summed E-state index contributed by atoms with van der Waals surface area (Å²) in [5.74, 6) is 0.836. The summed E-state index contributed by atoms with van der Waals surface area (Å²) >= 11 is 2.15. The van der Waals surface area contributed by atoms with Crippen LogP contribution in [0.3, 0.4) is 0 Å². The molecule has 47 heavy (non-hydrogen) atoms. The molecule has 0 aliphatic carbocycles. The van der Waals surface area contributed by atoms with Crippen LogP contribution in [-0.4, -0.2) is 42.3 Å². The molecular formula is C38H45IO8. The fraction of sp³-hybridized carbons (Fsp3) is 0.316. The average molecular weight is 757 g/mol. The molecule has 252 valence electrons. The van der Waals surface area contributed by atoms with E-state index in [1.54, 1.807) is 45.2 Å². The van der Waals surface area contributed by atoms with Gasteiger partial charge in [0.1, 0.15) is 24.7 Å². The molecule has 0 spiro atoms. The Bertz CT molecular complexity index is 1400. The quantitative estimate of drug-likeness (QED) is 0.0737. The SMILES string of the molecule is CCOC(=O)CC(O)c1ccc(OCc2ccccc2)cc1.CCOC(=O)CC(OC)c1ccc(OCc2ccccc2)cc1.CI. The van der Waals surface area contributed by atoms with Crippen molar-refractivity contribution in [2.45, 2.75) is 52.1 Å². The number of aliphatic hydroxyl groups is 1. The molecule has 0 saturated carbocycles. The van der Waals surface area contributed by atoms with Crippen LogP contribution in [0.5, 0.6) is 11.5 Å². The zero-order valence-electron chi connectivity index (χ0n) is 27.5. The summed E-state index contributed by atoms with van der Waals surface area (Å²) in [5, 5.41) is 9.97. The lowest BCUT2D eigenvalue weighted by Crippen LogP contribution is -2.11. The fourth-order valence-corrected chi connectivity index (χ4v) is 4.25. The molecule has 4 aromatic rings. The largest absolute Gasteiger partial charge is 0.489 e. The molecule has 8 nitrogen and oxygen atoms in total. The van der Waals surface area contributed by atoms with Crippen LogP contribution < -0.4 is 9.47 Å². The first-order valence-electron chi connectivity index (χ1n) is 15.3. The highest BCUT2D eigenvalue weighted by atomic mass is 127. The Hall–Kier alpha value is -3.93. The molecule has 0 fully saturated rings. The van der Waals surface area contributed by atoms with E-state index in [4.69, 9.17) is 23.7 Å². The van der Waals surface area contributed by atoms with Gasteiger partial charge in [-0.15, -0.1) is 0 Å². The number of esters is 2. The summed E-state index contributed by atoms with van der Waals surface area (Å²) in [6, 6.07) is 34.6. The molecule has 0 aromatic heterocycles. The Kier molecular flexibility index (Phi) is 19.5. The van der Waals surface area contributed by atoms with Crippen molar-refractivity contribution in [2.75, 3.05) is 25.3 Å². The molecule has 2 atom stereocenters. The Morgan fingerprint density at radius 2 is 1.02 bits per heavy atom. The highest BCUT2D eigenvalue weighted by molar-refractivity contribution is 14.1. The van der Waals surface area contributed by atoms with Crippen molar-refractivity contribution >= 4 is 34.5 Å². The Morgan fingerprint density at radius 1 is 0.617 bits per heavy atom. The number of benzene rings is 4. The number of hydrogen-bond acceptors (Lipinski definition) is 8. The van der Waals surface area contributed by atoms with E-state index in [-0.39, 0.29) is 24.9 Å². The van der Waals surface area contributed by atoms with Crippen molar-refractivity contribution in [2.24, 2.45) is 0 Å². The van der Waals surface area contributed by atoms with Crippen LogP contribution >= 0.6 is 22.6 Å². The van der Waals surface area contributed by atoms with Crippen LogP contribution in [-0.2, 0) is 37.0 Å². The lowest BCUT2D eigenvalue weighted by Gasteiger charge is -2.15. The molecular weight excluding hydrogens is 711 g/mol. The number of carbonyl (C=O) groups excluding carboxylic acids is 2. The van der Waals surface area contributed by atoms with Crippen LogP contribution in [0, 0.1) is 0 Å². The maximum absolute atomic E-state index is 11.6. The van der Waals surface area contributed by atoms with E-state index in [1.165, 1.54) is 0 Å². The van der Waals surface area contributed by atoms with Crippen molar-refractivity contribution < 1.29 is 38.4 Å². The van der Waals surface area contributed by atoms with E-state index in [2.05, 4.69) is 22.6 Å². The minimum absolute atomic E-state index is 0.0436. The van der Waals surface area contributed by atoms with Gasteiger partial charge in [-0.2, -0.15) is 0 Å². The standard InChI is InChI=1S/C19H22O4.C18H20O4.CH3I/c1-3-22-19(20)13-18(21-2)16-9-11-17(12-10-16)23-14-15-7-5-4-6-8-15;1-2-21-18(20)12-17(19)15-8-10-16(11-9-15)22-13-14-6-4-3-5-7-14;1-2/h4-12,18H,3,13-14H2,1-2H3;3-11,17,19H,2,12-13H2,1H3;1H3. The molecule has 0 heterocycles. The monoisotopic (exact) mass is 756 g/mol. The number of ether oxygens (including phenoxy) is 5. The van der Waals surface area contributed by atoms with Crippen LogP contribution in [0.15, 0.2) is 109 Å². The maximum Gasteiger partial charge on any atom is 0.308 e. The van der Waals surface area contributed by atoms with Gasteiger partial charge >= 0.3 is 11.9 Å². The van der Waals surface area contributed by atoms with Gasteiger partial charge in [-0.25, -0.2) is 0 Å². The lowest BCUT2D eigenvalue weighted by atomic mass is 10.1. The lowest BCUT2D eigenvalue weighted by molar-refractivity contribution is -0.146. The molecule has 0 amide bonds. The number of halogens is 1. The van der Waals surface area contributed by atoms with Gasteiger partial charge in [0.15, 0.2) is 0 Å². The molecule has 4 aromatic carbocycles.